The maximum atomic E-state index is 13.5. The van der Waals surface area contributed by atoms with E-state index in [1.54, 1.807) is 13.8 Å². The van der Waals surface area contributed by atoms with Gasteiger partial charge in [0.2, 0.25) is 0 Å². The van der Waals surface area contributed by atoms with E-state index in [0.29, 0.717) is 0 Å². The summed E-state index contributed by atoms with van der Waals surface area (Å²) in [4.78, 5) is 24.2. The number of benzene rings is 1. The summed E-state index contributed by atoms with van der Waals surface area (Å²) in [5, 5.41) is 19.8. The molecule has 0 spiro atoms. The molecule has 0 aliphatic heterocycles. The van der Waals surface area contributed by atoms with Crippen LogP contribution in [0.5, 0.6) is 0 Å². The lowest BCUT2D eigenvalue weighted by Crippen LogP contribution is -2.40. The van der Waals surface area contributed by atoms with E-state index in [-0.39, 0.29) is 24.7 Å². The molecular formula is C14H16FN3O3. The molecular weight excluding hydrogens is 277 g/mol. The molecule has 0 aliphatic carbocycles. The molecule has 2 amide bonds. The number of rotatable bonds is 5. The molecule has 0 heterocycles. The fraction of sp³-hybridized carbons (Fsp3) is 0.357. The van der Waals surface area contributed by atoms with Gasteiger partial charge in [0, 0.05) is 18.3 Å². The van der Waals surface area contributed by atoms with E-state index in [1.807, 2.05) is 6.07 Å². The standard InChI is InChI=1S/C14H16FN3O3/c1-9(2)18(7-3-6-16)14(21)17-10-4-5-11(13(19)20)12(15)8-10/h4-5,8-9H,3,7H2,1-2H3,(H,17,21)(H,19,20). The molecule has 6 nitrogen and oxygen atoms in total. The van der Waals surface area contributed by atoms with Crippen LogP contribution in [0.1, 0.15) is 30.6 Å². The molecule has 0 radical (unpaired) electrons. The number of hydrogen-bond acceptors (Lipinski definition) is 3. The summed E-state index contributed by atoms with van der Waals surface area (Å²) in [5.41, 5.74) is -0.302. The molecule has 0 unspecified atom stereocenters. The number of nitrogens with one attached hydrogen (secondary N) is 1. The van der Waals surface area contributed by atoms with Gasteiger partial charge in [-0.15, -0.1) is 0 Å². The number of amides is 2. The first-order valence-electron chi connectivity index (χ1n) is 6.34. The average molecular weight is 293 g/mol. The highest BCUT2D eigenvalue weighted by Crippen LogP contribution is 2.15. The number of carboxylic acids is 1. The monoisotopic (exact) mass is 293 g/mol. The molecule has 0 bridgehead atoms. The second-order valence-electron chi connectivity index (χ2n) is 4.63. The number of carboxylic acid groups (broad SMARTS) is 1. The van der Waals surface area contributed by atoms with E-state index < -0.39 is 23.4 Å². The molecule has 1 aromatic rings. The van der Waals surface area contributed by atoms with Crippen LogP contribution in [0, 0.1) is 17.1 Å². The molecule has 0 aromatic heterocycles. The van der Waals surface area contributed by atoms with Gasteiger partial charge in [0.15, 0.2) is 0 Å². The van der Waals surface area contributed by atoms with Crippen molar-refractivity contribution in [2.75, 3.05) is 11.9 Å². The first-order valence-corrected chi connectivity index (χ1v) is 6.34. The lowest BCUT2D eigenvalue weighted by Gasteiger charge is -2.26. The van der Waals surface area contributed by atoms with Crippen LogP contribution in [0.2, 0.25) is 0 Å². The van der Waals surface area contributed by atoms with E-state index >= 15 is 0 Å². The number of carbonyl (C=O) groups is 2. The van der Waals surface area contributed by atoms with Gasteiger partial charge in [-0.1, -0.05) is 0 Å². The van der Waals surface area contributed by atoms with Crippen LogP contribution in [0.4, 0.5) is 14.9 Å². The van der Waals surface area contributed by atoms with Crippen molar-refractivity contribution < 1.29 is 19.1 Å². The van der Waals surface area contributed by atoms with E-state index in [9.17, 15) is 14.0 Å². The summed E-state index contributed by atoms with van der Waals surface area (Å²) in [6, 6.07) is 4.71. The highest BCUT2D eigenvalue weighted by atomic mass is 19.1. The number of nitrogens with zero attached hydrogens (tertiary/aromatic N) is 2. The van der Waals surface area contributed by atoms with Crippen molar-refractivity contribution in [1.29, 1.82) is 5.26 Å². The van der Waals surface area contributed by atoms with Crippen LogP contribution >= 0.6 is 0 Å². The third-order valence-electron chi connectivity index (χ3n) is 2.80. The quantitative estimate of drug-likeness (QED) is 0.872. The first-order chi connectivity index (χ1) is 9.86. The van der Waals surface area contributed by atoms with Crippen LogP contribution in [0.15, 0.2) is 18.2 Å². The summed E-state index contributed by atoms with van der Waals surface area (Å²) in [5.74, 6) is -2.29. The number of anilines is 1. The molecule has 0 saturated heterocycles. The van der Waals surface area contributed by atoms with Crippen molar-refractivity contribution in [2.45, 2.75) is 26.3 Å². The summed E-state index contributed by atoms with van der Waals surface area (Å²) in [6.45, 7) is 3.85. The Kier molecular flexibility index (Phi) is 5.67. The van der Waals surface area contributed by atoms with E-state index in [4.69, 9.17) is 10.4 Å². The lowest BCUT2D eigenvalue weighted by molar-refractivity contribution is 0.0692. The van der Waals surface area contributed by atoms with E-state index in [1.165, 1.54) is 11.0 Å². The Morgan fingerprint density at radius 2 is 2.14 bits per heavy atom. The van der Waals surface area contributed by atoms with Crippen molar-refractivity contribution in [3.8, 4) is 6.07 Å². The fourth-order valence-electron chi connectivity index (χ4n) is 1.73. The van der Waals surface area contributed by atoms with Crippen molar-refractivity contribution in [3.63, 3.8) is 0 Å². The topological polar surface area (TPSA) is 93.4 Å². The van der Waals surface area contributed by atoms with Crippen LogP contribution in [-0.2, 0) is 0 Å². The van der Waals surface area contributed by atoms with Crippen LogP contribution in [-0.4, -0.2) is 34.6 Å². The molecule has 1 aromatic carbocycles. The van der Waals surface area contributed by atoms with Crippen molar-refractivity contribution in [2.24, 2.45) is 0 Å². The molecule has 112 valence electrons. The Labute approximate surface area is 121 Å². The molecule has 0 saturated carbocycles. The summed E-state index contributed by atoms with van der Waals surface area (Å²) < 4.78 is 13.5. The number of nitriles is 1. The molecule has 0 aliphatic rings. The minimum absolute atomic E-state index is 0.124. The van der Waals surface area contributed by atoms with E-state index in [0.717, 1.165) is 12.1 Å². The number of urea groups is 1. The Bertz CT molecular complexity index is 581. The molecule has 0 fully saturated rings. The van der Waals surface area contributed by atoms with Gasteiger partial charge in [-0.2, -0.15) is 5.26 Å². The largest absolute Gasteiger partial charge is 0.478 e. The Hall–Kier alpha value is -2.62. The third-order valence-corrected chi connectivity index (χ3v) is 2.80. The SMILES string of the molecule is CC(C)N(CCC#N)C(=O)Nc1ccc(C(=O)O)c(F)c1. The second kappa shape index (κ2) is 7.24. The minimum atomic E-state index is -1.37. The molecule has 0 atom stereocenters. The number of hydrogen-bond donors (Lipinski definition) is 2. The van der Waals surface area contributed by atoms with Gasteiger partial charge in [0.1, 0.15) is 5.82 Å². The summed E-state index contributed by atoms with van der Waals surface area (Å²) in [6.07, 6.45) is 0.192. The van der Waals surface area contributed by atoms with Gasteiger partial charge in [0.05, 0.1) is 18.1 Å². The Balaban J connectivity index is 2.84. The van der Waals surface area contributed by atoms with Crippen LogP contribution in [0.25, 0.3) is 0 Å². The smallest absolute Gasteiger partial charge is 0.338 e. The minimum Gasteiger partial charge on any atom is -0.478 e. The van der Waals surface area contributed by atoms with Gasteiger partial charge < -0.3 is 15.3 Å². The Morgan fingerprint density at radius 1 is 1.48 bits per heavy atom. The normalized spacial score (nSPS) is 10.0. The number of halogens is 1. The number of carbonyl (C=O) groups excluding carboxylic acids is 1. The van der Waals surface area contributed by atoms with Gasteiger partial charge in [-0.25, -0.2) is 14.0 Å². The average Bonchev–Trinajstić information content (AvgIpc) is 2.38. The third kappa shape index (κ3) is 4.45. The summed E-state index contributed by atoms with van der Waals surface area (Å²) >= 11 is 0. The zero-order chi connectivity index (χ0) is 16.0. The lowest BCUT2D eigenvalue weighted by atomic mass is 10.2. The van der Waals surface area contributed by atoms with Gasteiger partial charge in [-0.05, 0) is 32.0 Å². The van der Waals surface area contributed by atoms with Gasteiger partial charge in [-0.3, -0.25) is 0 Å². The zero-order valence-corrected chi connectivity index (χ0v) is 11.8. The molecule has 2 N–H and O–H groups in total. The molecule has 21 heavy (non-hydrogen) atoms. The number of aromatic carboxylic acids is 1. The van der Waals surface area contributed by atoms with Gasteiger partial charge >= 0.3 is 12.0 Å². The zero-order valence-electron chi connectivity index (χ0n) is 11.8. The van der Waals surface area contributed by atoms with Crippen molar-refractivity contribution in [1.82, 2.24) is 4.90 Å². The predicted octanol–water partition coefficient (Wildman–Crippen LogP) is 2.68. The summed E-state index contributed by atoms with van der Waals surface area (Å²) in [7, 11) is 0. The van der Waals surface area contributed by atoms with Crippen LogP contribution in [0.3, 0.4) is 0 Å². The van der Waals surface area contributed by atoms with Crippen molar-refractivity contribution >= 4 is 17.7 Å². The fourth-order valence-corrected chi connectivity index (χ4v) is 1.73. The van der Waals surface area contributed by atoms with Crippen LogP contribution < -0.4 is 5.32 Å². The highest BCUT2D eigenvalue weighted by Gasteiger charge is 2.17. The first kappa shape index (κ1) is 16.4. The molecule has 7 heteroatoms. The van der Waals surface area contributed by atoms with Gasteiger partial charge in [0.25, 0.3) is 0 Å². The maximum Gasteiger partial charge on any atom is 0.338 e. The van der Waals surface area contributed by atoms with E-state index in [2.05, 4.69) is 5.32 Å². The Morgan fingerprint density at radius 3 is 2.62 bits per heavy atom. The predicted molar refractivity (Wildman–Crippen MR) is 74.5 cm³/mol. The molecule has 1 rings (SSSR count). The highest BCUT2D eigenvalue weighted by molar-refractivity contribution is 5.92. The second-order valence-corrected chi connectivity index (χ2v) is 4.63. The van der Waals surface area contributed by atoms with Crippen molar-refractivity contribution in [3.05, 3.63) is 29.6 Å². The maximum absolute atomic E-state index is 13.5.